The molecule has 0 bridgehead atoms. The molecule has 37 heavy (non-hydrogen) atoms. The molecule has 0 rings (SSSR count). The van der Waals surface area contributed by atoms with E-state index in [1.165, 1.54) is 12.8 Å². The van der Waals surface area contributed by atoms with E-state index in [9.17, 15) is 9.59 Å². The van der Waals surface area contributed by atoms with Crippen LogP contribution < -0.4 is 21.3 Å². The summed E-state index contributed by atoms with van der Waals surface area (Å²) >= 11 is 0. The van der Waals surface area contributed by atoms with Gasteiger partial charge in [0.05, 0.1) is 6.10 Å². The van der Waals surface area contributed by atoms with Crippen molar-refractivity contribution in [3.05, 3.63) is 0 Å². The van der Waals surface area contributed by atoms with Crippen molar-refractivity contribution in [3.63, 3.8) is 0 Å². The van der Waals surface area contributed by atoms with Crippen LogP contribution in [0.1, 0.15) is 115 Å². The Bertz CT molecular complexity index is 381. The number of nitrogens with one attached hydrogen (secondary N) is 4. The number of rotatable bonds is 20. The van der Waals surface area contributed by atoms with Gasteiger partial charge in [-0.1, -0.05) is 61.8 Å². The fourth-order valence-electron chi connectivity index (χ4n) is 2.27. The normalized spacial score (nSPS) is 9.43. The first-order chi connectivity index (χ1) is 17.8. The lowest BCUT2D eigenvalue weighted by molar-refractivity contribution is -0.127. The van der Waals surface area contributed by atoms with Gasteiger partial charge in [-0.25, -0.2) is 0 Å². The Labute approximate surface area is 232 Å². The Kier molecular flexibility index (Phi) is 59.2. The molecule has 0 spiro atoms. The van der Waals surface area contributed by atoms with Crippen molar-refractivity contribution in [1.82, 2.24) is 21.3 Å². The summed E-state index contributed by atoms with van der Waals surface area (Å²) in [5, 5.41) is 12.0. The molecular weight excluding hydrogens is 468 g/mol. The van der Waals surface area contributed by atoms with Gasteiger partial charge in [-0.15, -0.1) is 0 Å². The highest BCUT2D eigenvalue weighted by Crippen LogP contribution is 1.89. The Morgan fingerprint density at radius 1 is 0.811 bits per heavy atom. The molecule has 0 aliphatic heterocycles. The van der Waals surface area contributed by atoms with Crippen molar-refractivity contribution >= 4 is 12.3 Å². The highest BCUT2D eigenvalue weighted by Gasteiger charge is 2.02. The van der Waals surface area contributed by atoms with Crippen molar-refractivity contribution < 1.29 is 19.1 Å². The SMILES string of the molecule is CC.CC.CC(C)NCCCCNC(=O)COC(C)C.CCCCOCC.CCNCCCCNC=O. The van der Waals surface area contributed by atoms with E-state index < -0.39 is 0 Å². The van der Waals surface area contributed by atoms with Gasteiger partial charge >= 0.3 is 0 Å². The van der Waals surface area contributed by atoms with E-state index in [-0.39, 0.29) is 18.6 Å². The maximum Gasteiger partial charge on any atom is 0.246 e. The smallest absolute Gasteiger partial charge is 0.246 e. The highest BCUT2D eigenvalue weighted by molar-refractivity contribution is 5.77. The maximum atomic E-state index is 11.2. The van der Waals surface area contributed by atoms with Crippen molar-refractivity contribution in [2.24, 2.45) is 0 Å². The lowest BCUT2D eigenvalue weighted by Crippen LogP contribution is -2.30. The molecular formula is C29H68N4O4. The molecule has 2 amide bonds. The molecule has 0 atom stereocenters. The van der Waals surface area contributed by atoms with Crippen LogP contribution >= 0.6 is 0 Å². The zero-order valence-corrected chi connectivity index (χ0v) is 26.8. The van der Waals surface area contributed by atoms with E-state index in [4.69, 9.17) is 9.47 Å². The van der Waals surface area contributed by atoms with E-state index >= 15 is 0 Å². The second-order valence-electron chi connectivity index (χ2n) is 8.21. The van der Waals surface area contributed by atoms with Crippen LogP contribution in [0.3, 0.4) is 0 Å². The number of amides is 2. The van der Waals surface area contributed by atoms with Gasteiger partial charge in [0.25, 0.3) is 0 Å². The molecule has 8 nitrogen and oxygen atoms in total. The maximum absolute atomic E-state index is 11.2. The second kappa shape index (κ2) is 47.9. The molecule has 0 radical (unpaired) electrons. The fourth-order valence-corrected chi connectivity index (χ4v) is 2.27. The average Bonchev–Trinajstić information content (AvgIpc) is 2.90. The van der Waals surface area contributed by atoms with Gasteiger partial charge in [0.15, 0.2) is 0 Å². The Hall–Kier alpha value is -1.22. The van der Waals surface area contributed by atoms with Crippen molar-refractivity contribution in [3.8, 4) is 0 Å². The molecule has 228 valence electrons. The molecule has 0 aromatic heterocycles. The molecule has 0 fully saturated rings. The topological polar surface area (TPSA) is 101 Å². The molecule has 0 saturated carbocycles. The third-order valence-corrected chi connectivity index (χ3v) is 4.13. The first kappa shape index (κ1) is 45.7. The van der Waals surface area contributed by atoms with Gasteiger partial charge in [0, 0.05) is 32.3 Å². The van der Waals surface area contributed by atoms with Crippen molar-refractivity contribution in [2.45, 2.75) is 127 Å². The minimum atomic E-state index is -0.0227. The summed E-state index contributed by atoms with van der Waals surface area (Å²) < 4.78 is 10.3. The lowest BCUT2D eigenvalue weighted by Gasteiger charge is -2.09. The largest absolute Gasteiger partial charge is 0.382 e. The minimum absolute atomic E-state index is 0.0227. The zero-order valence-electron chi connectivity index (χ0n) is 26.8. The molecule has 8 heteroatoms. The molecule has 0 heterocycles. The number of hydrogen-bond donors (Lipinski definition) is 4. The van der Waals surface area contributed by atoms with Gasteiger partial charge in [-0.05, 0) is 72.5 Å². The van der Waals surface area contributed by atoms with Gasteiger partial charge in [0.2, 0.25) is 12.3 Å². The van der Waals surface area contributed by atoms with Crippen LogP contribution in [0.2, 0.25) is 0 Å². The standard InChI is InChI=1S/C12H26N2O2.C7H16N2O.C6H14O.2C2H6/c1-10(2)13-7-5-6-8-14-12(15)9-16-11(3)4;1-2-8-5-3-4-6-9-7-10;1-3-5-6-7-4-2;2*1-2/h10-11,13H,5-9H2,1-4H3,(H,14,15);7-8H,2-6H2,1H3,(H,9,10);3-6H2,1-2H3;2*1-2H3. The summed E-state index contributed by atoms with van der Waals surface area (Å²) in [5.41, 5.74) is 0. The van der Waals surface area contributed by atoms with Crippen LogP contribution in [0.4, 0.5) is 0 Å². The number of ether oxygens (including phenoxy) is 2. The monoisotopic (exact) mass is 537 g/mol. The molecule has 0 unspecified atom stereocenters. The van der Waals surface area contributed by atoms with E-state index in [0.717, 1.165) is 78.0 Å². The third-order valence-electron chi connectivity index (χ3n) is 4.13. The summed E-state index contributed by atoms with van der Waals surface area (Å²) in [4.78, 5) is 21.0. The zero-order chi connectivity index (χ0) is 29.6. The predicted octanol–water partition coefficient (Wildman–Crippen LogP) is 5.30. The Morgan fingerprint density at radius 3 is 1.86 bits per heavy atom. The van der Waals surface area contributed by atoms with Crippen LogP contribution in [0, 0.1) is 0 Å². The van der Waals surface area contributed by atoms with Crippen molar-refractivity contribution in [1.29, 1.82) is 0 Å². The fraction of sp³-hybridized carbons (Fsp3) is 0.931. The van der Waals surface area contributed by atoms with Crippen molar-refractivity contribution in [2.75, 3.05) is 52.5 Å². The van der Waals surface area contributed by atoms with E-state index in [1.807, 2.05) is 48.5 Å². The summed E-state index contributed by atoms with van der Waals surface area (Å²) in [6.45, 7) is 29.0. The quantitative estimate of drug-likeness (QED) is 0.124. The molecule has 0 aliphatic rings. The van der Waals surface area contributed by atoms with Gasteiger partial charge < -0.3 is 30.7 Å². The average molecular weight is 537 g/mol. The Balaban J connectivity index is -0.000000139. The van der Waals surface area contributed by atoms with Gasteiger partial charge in [0.1, 0.15) is 6.61 Å². The van der Waals surface area contributed by atoms with Gasteiger partial charge in [-0.3, -0.25) is 9.59 Å². The van der Waals surface area contributed by atoms with Gasteiger partial charge in [-0.2, -0.15) is 0 Å². The predicted molar refractivity (Wildman–Crippen MR) is 162 cm³/mol. The summed E-state index contributed by atoms with van der Waals surface area (Å²) in [6, 6.07) is 0.536. The van der Waals surface area contributed by atoms with Crippen LogP contribution in [-0.2, 0) is 19.1 Å². The number of carbonyl (C=O) groups excluding carboxylic acids is 2. The highest BCUT2D eigenvalue weighted by atomic mass is 16.5. The molecule has 0 aliphatic carbocycles. The van der Waals surface area contributed by atoms with Crippen LogP contribution in [0.15, 0.2) is 0 Å². The number of unbranched alkanes of at least 4 members (excludes halogenated alkanes) is 3. The van der Waals surface area contributed by atoms with E-state index in [2.05, 4.69) is 49.0 Å². The number of carbonyl (C=O) groups is 2. The summed E-state index contributed by atoms with van der Waals surface area (Å²) in [7, 11) is 0. The van der Waals surface area contributed by atoms with E-state index in [0.29, 0.717) is 6.04 Å². The molecule has 4 N–H and O–H groups in total. The second-order valence-corrected chi connectivity index (χ2v) is 8.21. The molecule has 0 aromatic rings. The first-order valence-electron chi connectivity index (χ1n) is 14.9. The first-order valence-corrected chi connectivity index (χ1v) is 14.9. The minimum Gasteiger partial charge on any atom is -0.382 e. The van der Waals surface area contributed by atoms with Crippen LogP contribution in [-0.4, -0.2) is 77.0 Å². The van der Waals surface area contributed by atoms with Crippen LogP contribution in [0.5, 0.6) is 0 Å². The number of hydrogen-bond acceptors (Lipinski definition) is 6. The summed E-state index contributed by atoms with van der Waals surface area (Å²) in [5.74, 6) is -0.0227. The molecule has 0 aromatic carbocycles. The Morgan fingerprint density at radius 2 is 1.38 bits per heavy atom. The third kappa shape index (κ3) is 66.1. The lowest BCUT2D eigenvalue weighted by atomic mass is 10.3. The van der Waals surface area contributed by atoms with Crippen LogP contribution in [0.25, 0.3) is 0 Å². The molecule has 0 saturated heterocycles. The van der Waals surface area contributed by atoms with E-state index in [1.54, 1.807) is 0 Å². The summed E-state index contributed by atoms with van der Waals surface area (Å²) in [6.07, 6.45) is 7.58.